The fraction of sp³-hybridized carbons (Fsp3) is 0.125. The van der Waals surface area contributed by atoms with Gasteiger partial charge in [0.25, 0.3) is 0 Å². The smallest absolute Gasteiger partial charge is 0.0976 e. The van der Waals surface area contributed by atoms with Gasteiger partial charge in [0, 0.05) is 5.56 Å². The predicted octanol–water partition coefficient (Wildman–Crippen LogP) is 3.50. The van der Waals surface area contributed by atoms with Crippen molar-refractivity contribution in [3.8, 4) is 16.9 Å². The summed E-state index contributed by atoms with van der Waals surface area (Å²) in [5.74, 6) is 0. The van der Waals surface area contributed by atoms with Crippen LogP contribution in [-0.2, 0) is 6.42 Å². The zero-order chi connectivity index (χ0) is 13.1. The van der Waals surface area contributed by atoms with Crippen LogP contribution in [0.1, 0.15) is 12.6 Å². The van der Waals surface area contributed by atoms with Crippen LogP contribution in [0.25, 0.3) is 16.9 Å². The van der Waals surface area contributed by atoms with Gasteiger partial charge in [0.15, 0.2) is 0 Å². The van der Waals surface area contributed by atoms with E-state index in [-0.39, 0.29) is 0 Å². The van der Waals surface area contributed by atoms with Gasteiger partial charge in [0.05, 0.1) is 17.1 Å². The van der Waals surface area contributed by atoms with Crippen LogP contribution in [0.4, 0.5) is 0 Å². The number of para-hydroxylation sites is 1. The van der Waals surface area contributed by atoms with Crippen LogP contribution < -0.4 is 0 Å². The van der Waals surface area contributed by atoms with E-state index >= 15 is 0 Å². The Morgan fingerprint density at radius 2 is 1.53 bits per heavy atom. The molecule has 0 N–H and O–H groups in total. The highest BCUT2D eigenvalue weighted by Crippen LogP contribution is 2.25. The Morgan fingerprint density at radius 3 is 2.16 bits per heavy atom. The normalized spacial score (nSPS) is 10.6. The highest BCUT2D eigenvalue weighted by Gasteiger charge is 2.14. The summed E-state index contributed by atoms with van der Waals surface area (Å²) in [4.78, 5) is 0. The van der Waals surface area contributed by atoms with Crippen LogP contribution in [0.2, 0.25) is 0 Å². The molecule has 3 nitrogen and oxygen atoms in total. The first-order valence-electron chi connectivity index (χ1n) is 6.45. The summed E-state index contributed by atoms with van der Waals surface area (Å²) < 4.78 is 1.91. The molecule has 3 aromatic rings. The maximum atomic E-state index is 4.30. The zero-order valence-electron chi connectivity index (χ0n) is 10.8. The van der Waals surface area contributed by atoms with Crippen molar-refractivity contribution >= 4 is 0 Å². The maximum Gasteiger partial charge on any atom is 0.0976 e. The molecule has 1 aromatic heterocycles. The molecule has 0 radical (unpaired) electrons. The van der Waals surface area contributed by atoms with Gasteiger partial charge in [-0.15, -0.1) is 5.10 Å². The second-order valence-electron chi connectivity index (χ2n) is 4.35. The van der Waals surface area contributed by atoms with E-state index in [1.807, 2.05) is 53.2 Å². The van der Waals surface area contributed by atoms with E-state index < -0.39 is 0 Å². The number of rotatable bonds is 3. The van der Waals surface area contributed by atoms with Crippen molar-refractivity contribution in [2.45, 2.75) is 13.3 Å². The van der Waals surface area contributed by atoms with Crippen molar-refractivity contribution in [1.82, 2.24) is 15.0 Å². The minimum Gasteiger partial charge on any atom is -0.213 e. The standard InChI is InChI=1S/C16H15N3/c1-2-15-16(13-9-5-3-6-10-13)19(18-17-15)14-11-7-4-8-12-14/h3-12H,2H2,1H3. The molecule has 0 aliphatic heterocycles. The van der Waals surface area contributed by atoms with E-state index in [0.29, 0.717) is 0 Å². The Labute approximate surface area is 112 Å². The second-order valence-corrected chi connectivity index (χ2v) is 4.35. The highest BCUT2D eigenvalue weighted by atomic mass is 15.4. The van der Waals surface area contributed by atoms with Crippen molar-refractivity contribution in [1.29, 1.82) is 0 Å². The molecule has 3 rings (SSSR count). The Bertz CT molecular complexity index is 657. The summed E-state index contributed by atoms with van der Waals surface area (Å²) in [6.45, 7) is 2.10. The summed E-state index contributed by atoms with van der Waals surface area (Å²) in [5.41, 5.74) is 4.28. The number of aromatic nitrogens is 3. The van der Waals surface area contributed by atoms with Gasteiger partial charge in [-0.05, 0) is 18.6 Å². The molecule has 0 atom stereocenters. The molecular formula is C16H15N3. The van der Waals surface area contributed by atoms with Crippen LogP contribution in [-0.4, -0.2) is 15.0 Å². The molecule has 0 bridgehead atoms. The van der Waals surface area contributed by atoms with Crippen molar-refractivity contribution < 1.29 is 0 Å². The number of hydrogen-bond donors (Lipinski definition) is 0. The molecule has 0 fully saturated rings. The van der Waals surface area contributed by atoms with E-state index in [4.69, 9.17) is 0 Å². The average Bonchev–Trinajstić information content (AvgIpc) is 2.93. The lowest BCUT2D eigenvalue weighted by molar-refractivity contribution is 0.801. The summed E-state index contributed by atoms with van der Waals surface area (Å²) >= 11 is 0. The number of benzene rings is 2. The van der Waals surface area contributed by atoms with Crippen molar-refractivity contribution in [3.05, 3.63) is 66.4 Å². The van der Waals surface area contributed by atoms with Crippen LogP contribution >= 0.6 is 0 Å². The molecule has 0 amide bonds. The van der Waals surface area contributed by atoms with Crippen LogP contribution in [0, 0.1) is 0 Å². The van der Waals surface area contributed by atoms with Gasteiger partial charge >= 0.3 is 0 Å². The predicted molar refractivity (Wildman–Crippen MR) is 76.2 cm³/mol. The molecule has 19 heavy (non-hydrogen) atoms. The molecule has 0 aliphatic rings. The van der Waals surface area contributed by atoms with Gasteiger partial charge in [-0.3, -0.25) is 0 Å². The third-order valence-corrected chi connectivity index (χ3v) is 3.12. The Hall–Kier alpha value is -2.42. The third kappa shape index (κ3) is 2.15. The molecule has 94 valence electrons. The lowest BCUT2D eigenvalue weighted by atomic mass is 10.1. The Balaban J connectivity index is 2.20. The second kappa shape index (κ2) is 5.06. The topological polar surface area (TPSA) is 30.7 Å². The minimum atomic E-state index is 0.872. The molecule has 2 aromatic carbocycles. The van der Waals surface area contributed by atoms with E-state index in [2.05, 4.69) is 29.4 Å². The van der Waals surface area contributed by atoms with Crippen LogP contribution in [0.15, 0.2) is 60.7 Å². The van der Waals surface area contributed by atoms with Crippen LogP contribution in [0.5, 0.6) is 0 Å². The largest absolute Gasteiger partial charge is 0.213 e. The minimum absolute atomic E-state index is 0.872. The van der Waals surface area contributed by atoms with E-state index in [0.717, 1.165) is 29.1 Å². The maximum absolute atomic E-state index is 4.30. The SMILES string of the molecule is CCc1nnn(-c2ccccc2)c1-c1ccccc1. The zero-order valence-corrected chi connectivity index (χ0v) is 10.8. The fourth-order valence-electron chi connectivity index (χ4n) is 2.19. The lowest BCUT2D eigenvalue weighted by Gasteiger charge is -2.07. The summed E-state index contributed by atoms with van der Waals surface area (Å²) in [6, 6.07) is 20.4. The van der Waals surface area contributed by atoms with E-state index in [1.54, 1.807) is 0 Å². The first-order chi connectivity index (χ1) is 9.40. The molecular weight excluding hydrogens is 234 g/mol. The van der Waals surface area contributed by atoms with E-state index in [1.165, 1.54) is 0 Å². The van der Waals surface area contributed by atoms with Gasteiger partial charge in [-0.1, -0.05) is 60.7 Å². The van der Waals surface area contributed by atoms with Gasteiger partial charge in [-0.2, -0.15) is 0 Å². The number of nitrogens with zero attached hydrogens (tertiary/aromatic N) is 3. The van der Waals surface area contributed by atoms with E-state index in [9.17, 15) is 0 Å². The van der Waals surface area contributed by atoms with Gasteiger partial charge in [-0.25, -0.2) is 4.68 Å². The summed E-state index contributed by atoms with van der Waals surface area (Å²) in [7, 11) is 0. The molecule has 0 saturated heterocycles. The monoisotopic (exact) mass is 249 g/mol. The number of aryl methyl sites for hydroxylation is 1. The molecule has 0 saturated carbocycles. The first-order valence-corrected chi connectivity index (χ1v) is 6.45. The molecule has 0 aliphatic carbocycles. The molecule has 0 unspecified atom stereocenters. The Morgan fingerprint density at radius 1 is 0.895 bits per heavy atom. The molecule has 1 heterocycles. The molecule has 3 heteroatoms. The van der Waals surface area contributed by atoms with Crippen molar-refractivity contribution in [2.24, 2.45) is 0 Å². The van der Waals surface area contributed by atoms with Gasteiger partial charge < -0.3 is 0 Å². The average molecular weight is 249 g/mol. The lowest BCUT2D eigenvalue weighted by Crippen LogP contribution is -1.99. The van der Waals surface area contributed by atoms with Gasteiger partial charge in [0.2, 0.25) is 0 Å². The third-order valence-electron chi connectivity index (χ3n) is 3.12. The quantitative estimate of drug-likeness (QED) is 0.711. The van der Waals surface area contributed by atoms with Crippen molar-refractivity contribution in [3.63, 3.8) is 0 Å². The highest BCUT2D eigenvalue weighted by molar-refractivity contribution is 5.64. The fourth-order valence-corrected chi connectivity index (χ4v) is 2.19. The summed E-state index contributed by atoms with van der Waals surface area (Å²) in [6.07, 6.45) is 0.872. The van der Waals surface area contributed by atoms with Crippen LogP contribution in [0.3, 0.4) is 0 Å². The summed E-state index contributed by atoms with van der Waals surface area (Å²) in [5, 5.41) is 8.60. The van der Waals surface area contributed by atoms with Crippen molar-refractivity contribution in [2.75, 3.05) is 0 Å². The first kappa shape index (κ1) is 11.7. The Kier molecular flexibility index (Phi) is 3.11. The number of hydrogen-bond acceptors (Lipinski definition) is 2. The molecule has 0 spiro atoms. The van der Waals surface area contributed by atoms with Gasteiger partial charge in [0.1, 0.15) is 0 Å².